The number of carboxylic acid groups (broad SMARTS) is 1. The van der Waals surface area contributed by atoms with E-state index in [-0.39, 0.29) is 30.1 Å². The highest BCUT2D eigenvalue weighted by Crippen LogP contribution is 2.38. The van der Waals surface area contributed by atoms with Gasteiger partial charge in [-0.3, -0.25) is 9.59 Å². The molecule has 3 aromatic heterocycles. The molecule has 2 amide bonds. The Balaban J connectivity index is 1.59. The van der Waals surface area contributed by atoms with Crippen LogP contribution in [0.3, 0.4) is 0 Å². The van der Waals surface area contributed by atoms with Crippen LogP contribution in [0.1, 0.15) is 66.0 Å². The lowest BCUT2D eigenvalue weighted by molar-refractivity contribution is 0.0951. The van der Waals surface area contributed by atoms with Crippen molar-refractivity contribution in [1.29, 1.82) is 0 Å². The zero-order valence-electron chi connectivity index (χ0n) is 22.0. The Kier molecular flexibility index (Phi) is 7.96. The minimum atomic E-state index is -0.888. The fourth-order valence-electron chi connectivity index (χ4n) is 5.67. The van der Waals surface area contributed by atoms with Gasteiger partial charge in [0.25, 0.3) is 11.5 Å². The largest absolute Gasteiger partial charge is 0.465 e. The number of pyridine rings is 2. The molecule has 4 rings (SSSR count). The molecule has 1 saturated carbocycles. The van der Waals surface area contributed by atoms with E-state index >= 15 is 0 Å². The number of H-pyrrole nitrogens is 1. The van der Waals surface area contributed by atoms with Crippen LogP contribution in [0.4, 0.5) is 4.79 Å². The van der Waals surface area contributed by atoms with Gasteiger partial charge in [0.15, 0.2) is 0 Å². The maximum Gasteiger partial charge on any atom is 0.407 e. The lowest BCUT2D eigenvalue weighted by Gasteiger charge is -2.36. The maximum absolute atomic E-state index is 13.5. The average molecular weight is 526 g/mol. The van der Waals surface area contributed by atoms with Gasteiger partial charge >= 0.3 is 6.09 Å². The predicted octanol–water partition coefficient (Wildman–Crippen LogP) is 4.72. The number of fused-ring (bicyclic) bond motifs is 1. The number of nitrogens with zero attached hydrogens (tertiary/aromatic N) is 3. The van der Waals surface area contributed by atoms with E-state index in [1.165, 1.54) is 16.7 Å². The third-order valence-corrected chi connectivity index (χ3v) is 8.59. The second-order valence-corrected chi connectivity index (χ2v) is 10.8. The van der Waals surface area contributed by atoms with Gasteiger partial charge in [-0.2, -0.15) is 0 Å². The first-order valence-electron chi connectivity index (χ1n) is 12.6. The monoisotopic (exact) mass is 525 g/mol. The fourth-order valence-corrected chi connectivity index (χ4v) is 6.38. The van der Waals surface area contributed by atoms with Crippen LogP contribution in [0.15, 0.2) is 34.1 Å². The number of hydrogen-bond acceptors (Lipinski definition) is 5. The van der Waals surface area contributed by atoms with E-state index in [0.717, 1.165) is 53.0 Å². The number of aromatic nitrogens is 3. The molecule has 0 radical (unpaired) electrons. The van der Waals surface area contributed by atoms with Gasteiger partial charge in [0.05, 0.1) is 5.56 Å². The van der Waals surface area contributed by atoms with Gasteiger partial charge in [-0.05, 0) is 76.8 Å². The van der Waals surface area contributed by atoms with Crippen LogP contribution in [-0.4, -0.2) is 55.9 Å². The third kappa shape index (κ3) is 5.25. The summed E-state index contributed by atoms with van der Waals surface area (Å²) in [5.74, 6) is 0.112. The number of aromatic amines is 1. The zero-order chi connectivity index (χ0) is 26.9. The number of carbonyl (C=O) groups is 2. The first-order valence-corrected chi connectivity index (χ1v) is 13.8. The molecule has 0 aromatic carbocycles. The van der Waals surface area contributed by atoms with E-state index in [1.54, 1.807) is 13.2 Å². The van der Waals surface area contributed by atoms with Crippen molar-refractivity contribution in [2.24, 2.45) is 5.92 Å². The Labute approximate surface area is 220 Å². The Morgan fingerprint density at radius 3 is 2.65 bits per heavy atom. The summed E-state index contributed by atoms with van der Waals surface area (Å²) in [4.78, 5) is 47.1. The van der Waals surface area contributed by atoms with Crippen molar-refractivity contribution in [3.63, 3.8) is 0 Å². The maximum atomic E-state index is 13.5. The van der Waals surface area contributed by atoms with Crippen LogP contribution in [-0.2, 0) is 6.54 Å². The first kappa shape index (κ1) is 26.8. The number of carbonyl (C=O) groups excluding carboxylic acids is 1. The highest BCUT2D eigenvalue weighted by Gasteiger charge is 2.32. The molecule has 1 atom stereocenters. The van der Waals surface area contributed by atoms with Crippen LogP contribution < -0.4 is 10.9 Å². The summed E-state index contributed by atoms with van der Waals surface area (Å²) in [5, 5.41) is 13.1. The second kappa shape index (κ2) is 11.0. The summed E-state index contributed by atoms with van der Waals surface area (Å²) in [6.07, 6.45) is 6.22. The molecule has 1 aliphatic rings. The van der Waals surface area contributed by atoms with Gasteiger partial charge in [0.2, 0.25) is 0 Å². The quantitative estimate of drug-likeness (QED) is 0.384. The SMILES string of the molecule is CSc1cc(C)[nH]c(=O)c1CNC(=O)c1c(C)n([C@H](C)C2CCC(N(C)C(=O)O)CC2)c2ncccc12. The van der Waals surface area contributed by atoms with E-state index in [1.807, 2.05) is 38.3 Å². The van der Waals surface area contributed by atoms with Gasteiger partial charge in [0, 0.05) is 59.1 Å². The van der Waals surface area contributed by atoms with Crippen molar-refractivity contribution in [1.82, 2.24) is 24.8 Å². The molecule has 198 valence electrons. The predicted molar refractivity (Wildman–Crippen MR) is 145 cm³/mol. The third-order valence-electron chi connectivity index (χ3n) is 7.79. The first-order chi connectivity index (χ1) is 17.6. The van der Waals surface area contributed by atoms with E-state index in [4.69, 9.17) is 0 Å². The van der Waals surface area contributed by atoms with Crippen LogP contribution in [0.25, 0.3) is 11.0 Å². The zero-order valence-corrected chi connectivity index (χ0v) is 22.8. The Bertz CT molecular complexity index is 1370. The lowest BCUT2D eigenvalue weighted by Crippen LogP contribution is -2.39. The summed E-state index contributed by atoms with van der Waals surface area (Å²) in [5.41, 5.74) is 3.31. The molecule has 0 spiro atoms. The molecule has 0 bridgehead atoms. The van der Waals surface area contributed by atoms with E-state index in [2.05, 4.69) is 26.8 Å². The molecule has 37 heavy (non-hydrogen) atoms. The normalized spacial score (nSPS) is 18.5. The van der Waals surface area contributed by atoms with Gasteiger partial charge in [-0.15, -0.1) is 11.8 Å². The molecule has 1 aliphatic carbocycles. The molecule has 10 heteroatoms. The van der Waals surface area contributed by atoms with Crippen LogP contribution in [0, 0.1) is 19.8 Å². The van der Waals surface area contributed by atoms with Crippen LogP contribution in [0.2, 0.25) is 0 Å². The molecule has 3 heterocycles. The molecular weight excluding hydrogens is 490 g/mol. The Morgan fingerprint density at radius 1 is 1.30 bits per heavy atom. The highest BCUT2D eigenvalue weighted by atomic mass is 32.2. The topological polar surface area (TPSA) is 120 Å². The van der Waals surface area contributed by atoms with E-state index < -0.39 is 6.09 Å². The lowest BCUT2D eigenvalue weighted by atomic mass is 9.81. The summed E-state index contributed by atoms with van der Waals surface area (Å²) in [6, 6.07) is 5.80. The van der Waals surface area contributed by atoms with Gasteiger partial charge in [0.1, 0.15) is 5.65 Å². The molecule has 3 N–H and O–H groups in total. The Hall–Kier alpha value is -3.27. The molecule has 0 saturated heterocycles. The van der Waals surface area contributed by atoms with Crippen LogP contribution in [0.5, 0.6) is 0 Å². The smallest absolute Gasteiger partial charge is 0.407 e. The van der Waals surface area contributed by atoms with Crippen molar-refractivity contribution in [2.45, 2.75) is 70.0 Å². The fraction of sp³-hybridized carbons (Fsp3) is 0.481. The minimum absolute atomic E-state index is 0.0408. The van der Waals surface area contributed by atoms with Gasteiger partial charge in [-0.1, -0.05) is 0 Å². The van der Waals surface area contributed by atoms with Gasteiger partial charge in [-0.25, -0.2) is 9.78 Å². The standard InChI is InChI=1S/C27H35N5O4S/c1-15-13-22(37-5)21(25(33)30-15)14-29-26(34)23-17(3)32(24-20(23)7-6-12-28-24)16(2)18-8-10-19(11-9-18)31(4)27(35)36/h6-7,12-13,16,18-19H,8-11,14H2,1-5H3,(H,29,34)(H,30,33)(H,35,36)/t16-,18?,19?/m1/s1. The van der Waals surface area contributed by atoms with Crippen molar-refractivity contribution in [3.8, 4) is 0 Å². The average Bonchev–Trinajstić information content (AvgIpc) is 3.18. The molecule has 0 unspecified atom stereocenters. The summed E-state index contributed by atoms with van der Waals surface area (Å²) < 4.78 is 2.15. The van der Waals surface area contributed by atoms with Crippen molar-refractivity contribution in [3.05, 3.63) is 57.3 Å². The molecular formula is C27H35N5O4S. The van der Waals surface area contributed by atoms with Crippen molar-refractivity contribution < 1.29 is 14.7 Å². The van der Waals surface area contributed by atoms with E-state index in [9.17, 15) is 19.5 Å². The number of thioether (sulfide) groups is 1. The molecule has 9 nitrogen and oxygen atoms in total. The number of aryl methyl sites for hydroxylation is 1. The van der Waals surface area contributed by atoms with Gasteiger partial charge < -0.3 is 24.9 Å². The minimum Gasteiger partial charge on any atom is -0.465 e. The highest BCUT2D eigenvalue weighted by molar-refractivity contribution is 7.98. The second-order valence-electron chi connectivity index (χ2n) is 9.92. The number of nitrogens with one attached hydrogen (secondary N) is 2. The summed E-state index contributed by atoms with van der Waals surface area (Å²) in [6.45, 7) is 6.08. The molecule has 3 aromatic rings. The van der Waals surface area contributed by atoms with Crippen molar-refractivity contribution >= 4 is 34.8 Å². The molecule has 1 fully saturated rings. The van der Waals surface area contributed by atoms with Crippen LogP contribution >= 0.6 is 11.8 Å². The number of amides is 2. The number of hydrogen-bond donors (Lipinski definition) is 3. The summed E-state index contributed by atoms with van der Waals surface area (Å²) in [7, 11) is 1.64. The Morgan fingerprint density at radius 2 is 2.00 bits per heavy atom. The summed E-state index contributed by atoms with van der Waals surface area (Å²) >= 11 is 1.48. The van der Waals surface area contributed by atoms with Crippen molar-refractivity contribution in [2.75, 3.05) is 13.3 Å². The molecule has 0 aliphatic heterocycles. The van der Waals surface area contributed by atoms with E-state index in [0.29, 0.717) is 17.0 Å². The number of rotatable bonds is 7.